The van der Waals surface area contributed by atoms with Crippen molar-refractivity contribution in [3.8, 4) is 0 Å². The Bertz CT molecular complexity index is 744. The fraction of sp³-hybridized carbons (Fsp3) is 0.125. The minimum absolute atomic E-state index is 0.159. The van der Waals surface area contributed by atoms with Crippen LogP contribution in [0.1, 0.15) is 17.2 Å². The van der Waals surface area contributed by atoms with Crippen molar-refractivity contribution in [2.75, 3.05) is 5.75 Å². The van der Waals surface area contributed by atoms with Gasteiger partial charge in [0.05, 0.1) is 6.04 Å². The Labute approximate surface area is 142 Å². The molecule has 1 unspecified atom stereocenters. The van der Waals surface area contributed by atoms with Gasteiger partial charge in [-0.2, -0.15) is 9.52 Å². The van der Waals surface area contributed by atoms with Crippen LogP contribution in [0.2, 0.25) is 5.02 Å². The SMILES string of the molecule is Clc1ccc(C2CSN3N=C(c4ccccc4)SC3=N2)cc1. The second-order valence-electron chi connectivity index (χ2n) is 4.92. The van der Waals surface area contributed by atoms with E-state index in [0.717, 1.165) is 26.6 Å². The fourth-order valence-corrected chi connectivity index (χ4v) is 4.44. The number of aliphatic imine (C=N–C) groups is 1. The first-order valence-electron chi connectivity index (χ1n) is 6.88. The highest BCUT2D eigenvalue weighted by molar-refractivity contribution is 8.28. The Balaban J connectivity index is 1.58. The van der Waals surface area contributed by atoms with Gasteiger partial charge in [-0.1, -0.05) is 54.1 Å². The number of rotatable bonds is 2. The van der Waals surface area contributed by atoms with Crippen LogP contribution in [-0.4, -0.2) is 20.4 Å². The number of hydrazone groups is 1. The molecule has 0 aromatic heterocycles. The summed E-state index contributed by atoms with van der Waals surface area (Å²) in [5.74, 6) is 0.886. The predicted octanol–water partition coefficient (Wildman–Crippen LogP) is 4.81. The van der Waals surface area contributed by atoms with Gasteiger partial charge in [-0.15, -0.1) is 0 Å². The van der Waals surface area contributed by atoms with E-state index in [0.29, 0.717) is 0 Å². The van der Waals surface area contributed by atoms with Crippen LogP contribution in [0.4, 0.5) is 0 Å². The zero-order valence-corrected chi connectivity index (χ0v) is 13.9. The molecule has 3 nitrogen and oxygen atoms in total. The van der Waals surface area contributed by atoms with E-state index in [1.54, 1.807) is 23.7 Å². The summed E-state index contributed by atoms with van der Waals surface area (Å²) in [6, 6.07) is 18.3. The van der Waals surface area contributed by atoms with E-state index in [-0.39, 0.29) is 6.04 Å². The number of hydrogen-bond donors (Lipinski definition) is 0. The third kappa shape index (κ3) is 2.76. The molecule has 0 aliphatic carbocycles. The number of amidine groups is 1. The minimum Gasteiger partial charge on any atom is -0.251 e. The monoisotopic (exact) mass is 345 g/mol. The summed E-state index contributed by atoms with van der Waals surface area (Å²) in [7, 11) is 0. The van der Waals surface area contributed by atoms with Crippen LogP contribution in [0.3, 0.4) is 0 Å². The lowest BCUT2D eigenvalue weighted by Crippen LogP contribution is -2.20. The molecular weight excluding hydrogens is 334 g/mol. The molecule has 22 heavy (non-hydrogen) atoms. The smallest absolute Gasteiger partial charge is 0.198 e. The molecule has 2 aliphatic rings. The predicted molar refractivity (Wildman–Crippen MR) is 96.5 cm³/mol. The molecule has 2 aromatic carbocycles. The van der Waals surface area contributed by atoms with Crippen LogP contribution in [0.25, 0.3) is 0 Å². The van der Waals surface area contributed by atoms with Crippen molar-refractivity contribution in [1.29, 1.82) is 0 Å². The molecule has 0 saturated carbocycles. The number of thioether (sulfide) groups is 1. The topological polar surface area (TPSA) is 28.0 Å². The van der Waals surface area contributed by atoms with Gasteiger partial charge >= 0.3 is 0 Å². The molecule has 110 valence electrons. The molecule has 0 saturated heterocycles. The molecule has 0 amide bonds. The Morgan fingerprint density at radius 2 is 1.82 bits per heavy atom. The number of hydrogen-bond acceptors (Lipinski definition) is 5. The van der Waals surface area contributed by atoms with Gasteiger partial charge in [0, 0.05) is 16.3 Å². The standard InChI is InChI=1S/C16H12ClN3S2/c17-13-8-6-11(7-9-13)14-10-21-20-16(18-14)22-15(19-20)12-4-2-1-3-5-12/h1-9,14H,10H2. The Hall–Kier alpha value is -1.43. The van der Waals surface area contributed by atoms with Gasteiger partial charge in [0.2, 0.25) is 0 Å². The lowest BCUT2D eigenvalue weighted by Gasteiger charge is -2.23. The van der Waals surface area contributed by atoms with E-state index in [9.17, 15) is 0 Å². The third-order valence-electron chi connectivity index (χ3n) is 3.43. The average Bonchev–Trinajstić information content (AvgIpc) is 2.99. The molecule has 0 spiro atoms. The molecule has 0 bridgehead atoms. The Kier molecular flexibility index (Phi) is 3.86. The van der Waals surface area contributed by atoms with Gasteiger partial charge in [0.1, 0.15) is 5.04 Å². The van der Waals surface area contributed by atoms with Crippen molar-refractivity contribution in [2.45, 2.75) is 6.04 Å². The third-order valence-corrected chi connectivity index (χ3v) is 5.73. The maximum atomic E-state index is 5.95. The minimum atomic E-state index is 0.159. The number of fused-ring (bicyclic) bond motifs is 1. The molecule has 0 N–H and O–H groups in total. The summed E-state index contributed by atoms with van der Waals surface area (Å²) in [6.45, 7) is 0. The fourth-order valence-electron chi connectivity index (χ4n) is 2.30. The summed E-state index contributed by atoms with van der Waals surface area (Å²) in [6.07, 6.45) is 0. The van der Waals surface area contributed by atoms with Crippen LogP contribution in [-0.2, 0) is 0 Å². The van der Waals surface area contributed by atoms with Crippen molar-refractivity contribution in [2.24, 2.45) is 10.1 Å². The van der Waals surface area contributed by atoms with Crippen LogP contribution in [0.15, 0.2) is 64.7 Å². The second-order valence-corrected chi connectivity index (χ2v) is 7.25. The van der Waals surface area contributed by atoms with E-state index in [1.807, 2.05) is 46.9 Å². The first-order chi connectivity index (χ1) is 10.8. The quantitative estimate of drug-likeness (QED) is 0.731. The van der Waals surface area contributed by atoms with Gasteiger partial charge in [0.25, 0.3) is 0 Å². The first kappa shape index (κ1) is 14.2. The normalized spacial score (nSPS) is 20.4. The number of benzene rings is 2. The van der Waals surface area contributed by atoms with Crippen LogP contribution >= 0.6 is 35.3 Å². The van der Waals surface area contributed by atoms with Gasteiger partial charge in [-0.05, 0) is 41.4 Å². The maximum absolute atomic E-state index is 5.95. The lowest BCUT2D eigenvalue weighted by atomic mass is 10.1. The highest BCUT2D eigenvalue weighted by Crippen LogP contribution is 2.38. The van der Waals surface area contributed by atoms with Crippen molar-refractivity contribution in [1.82, 2.24) is 4.41 Å². The van der Waals surface area contributed by atoms with Gasteiger partial charge in [0.15, 0.2) is 5.17 Å². The van der Waals surface area contributed by atoms with E-state index in [4.69, 9.17) is 16.6 Å². The van der Waals surface area contributed by atoms with Crippen molar-refractivity contribution >= 4 is 45.5 Å². The summed E-state index contributed by atoms with van der Waals surface area (Å²) < 4.78 is 1.93. The zero-order valence-electron chi connectivity index (χ0n) is 11.5. The van der Waals surface area contributed by atoms with Crippen LogP contribution < -0.4 is 0 Å². The maximum Gasteiger partial charge on any atom is 0.198 e. The largest absolute Gasteiger partial charge is 0.251 e. The molecule has 0 radical (unpaired) electrons. The van der Waals surface area contributed by atoms with E-state index in [1.165, 1.54) is 5.56 Å². The van der Waals surface area contributed by atoms with Gasteiger partial charge in [-0.25, -0.2) is 0 Å². The second kappa shape index (κ2) is 5.99. The Morgan fingerprint density at radius 3 is 2.59 bits per heavy atom. The van der Waals surface area contributed by atoms with Crippen LogP contribution in [0, 0.1) is 0 Å². The highest BCUT2D eigenvalue weighted by atomic mass is 35.5. The summed E-state index contributed by atoms with van der Waals surface area (Å²) in [5.41, 5.74) is 2.33. The first-order valence-corrected chi connectivity index (χ1v) is 9.01. The molecule has 2 aliphatic heterocycles. The van der Waals surface area contributed by atoms with E-state index in [2.05, 4.69) is 17.2 Å². The summed E-state index contributed by atoms with van der Waals surface area (Å²) in [5, 5.41) is 7.36. The average molecular weight is 346 g/mol. The van der Waals surface area contributed by atoms with Crippen molar-refractivity contribution in [3.05, 3.63) is 70.7 Å². The van der Waals surface area contributed by atoms with E-state index >= 15 is 0 Å². The lowest BCUT2D eigenvalue weighted by molar-refractivity contribution is 0.698. The summed E-state index contributed by atoms with van der Waals surface area (Å²) >= 11 is 9.28. The highest BCUT2D eigenvalue weighted by Gasteiger charge is 2.30. The molecule has 2 heterocycles. The van der Waals surface area contributed by atoms with Crippen LogP contribution in [0.5, 0.6) is 0 Å². The van der Waals surface area contributed by atoms with Gasteiger partial charge in [-0.3, -0.25) is 4.99 Å². The summed E-state index contributed by atoms with van der Waals surface area (Å²) in [4.78, 5) is 4.85. The molecule has 0 fully saturated rings. The zero-order chi connectivity index (χ0) is 14.9. The van der Waals surface area contributed by atoms with Gasteiger partial charge < -0.3 is 0 Å². The van der Waals surface area contributed by atoms with Crippen molar-refractivity contribution in [3.63, 3.8) is 0 Å². The number of halogens is 1. The molecule has 2 aromatic rings. The molecule has 4 rings (SSSR count). The molecular formula is C16H12ClN3S2. The van der Waals surface area contributed by atoms with E-state index < -0.39 is 0 Å². The molecule has 1 atom stereocenters. The molecule has 6 heteroatoms. The van der Waals surface area contributed by atoms with Crippen molar-refractivity contribution < 1.29 is 0 Å². The Morgan fingerprint density at radius 1 is 1.05 bits per heavy atom. The number of nitrogens with zero attached hydrogens (tertiary/aromatic N) is 3.